The van der Waals surface area contributed by atoms with Crippen molar-refractivity contribution < 1.29 is 23.0 Å². The van der Waals surface area contributed by atoms with E-state index in [1.54, 1.807) is 6.20 Å². The molecule has 0 fully saturated rings. The zero-order valence-electron chi connectivity index (χ0n) is 18.1. The molecule has 33 heavy (non-hydrogen) atoms. The van der Waals surface area contributed by atoms with Crippen LogP contribution in [0.4, 0.5) is 13.2 Å². The zero-order chi connectivity index (χ0) is 23.4. The number of aryl methyl sites for hydroxylation is 1. The standard InChI is InChI=1S/C24H24F3N3O2S/c1-2-3-4-20-21(33-23(29-20)16-5-7-18(8-6-16)24(25,26)27)15-30-10-9-17-13-19(32-12-11-31)14-28-22(17)30/h5-10,13-14,31H,2-4,11-12,15H2,1H3. The molecule has 9 heteroatoms. The van der Waals surface area contributed by atoms with Gasteiger partial charge in [-0.05, 0) is 37.1 Å². The Kier molecular flexibility index (Phi) is 6.99. The number of thiazole rings is 1. The zero-order valence-corrected chi connectivity index (χ0v) is 18.9. The van der Waals surface area contributed by atoms with E-state index < -0.39 is 11.7 Å². The molecule has 1 aromatic carbocycles. The smallest absolute Gasteiger partial charge is 0.416 e. The quantitative estimate of drug-likeness (QED) is 0.325. The summed E-state index contributed by atoms with van der Waals surface area (Å²) in [4.78, 5) is 10.4. The number of hydrogen-bond acceptors (Lipinski definition) is 5. The first-order chi connectivity index (χ1) is 15.9. The van der Waals surface area contributed by atoms with E-state index in [2.05, 4.69) is 11.9 Å². The van der Waals surface area contributed by atoms with Crippen LogP contribution < -0.4 is 4.74 Å². The Balaban J connectivity index is 1.62. The Bertz CT molecular complexity index is 1220. The third-order valence-electron chi connectivity index (χ3n) is 5.25. The Morgan fingerprint density at radius 3 is 2.64 bits per heavy atom. The van der Waals surface area contributed by atoms with Crippen LogP contribution in [0.3, 0.4) is 0 Å². The molecular weight excluding hydrogens is 451 g/mol. The van der Waals surface area contributed by atoms with Crippen LogP contribution in [0.15, 0.2) is 48.8 Å². The van der Waals surface area contributed by atoms with Gasteiger partial charge in [0, 0.05) is 22.0 Å². The van der Waals surface area contributed by atoms with Crippen LogP contribution in [-0.4, -0.2) is 32.9 Å². The van der Waals surface area contributed by atoms with E-state index >= 15 is 0 Å². The van der Waals surface area contributed by atoms with Crippen molar-refractivity contribution >= 4 is 22.4 Å². The van der Waals surface area contributed by atoms with Gasteiger partial charge in [-0.25, -0.2) is 9.97 Å². The number of ether oxygens (including phenoxy) is 1. The summed E-state index contributed by atoms with van der Waals surface area (Å²) in [5.41, 5.74) is 1.79. The highest BCUT2D eigenvalue weighted by atomic mass is 32.1. The minimum Gasteiger partial charge on any atom is -0.490 e. The maximum atomic E-state index is 12.9. The maximum absolute atomic E-state index is 12.9. The number of alkyl halides is 3. The van der Waals surface area contributed by atoms with Gasteiger partial charge in [-0.15, -0.1) is 11.3 Å². The highest BCUT2D eigenvalue weighted by Gasteiger charge is 2.30. The highest BCUT2D eigenvalue weighted by Crippen LogP contribution is 2.34. The monoisotopic (exact) mass is 475 g/mol. The molecule has 0 spiro atoms. The van der Waals surface area contributed by atoms with Gasteiger partial charge < -0.3 is 14.4 Å². The summed E-state index contributed by atoms with van der Waals surface area (Å²) in [7, 11) is 0. The molecule has 0 aliphatic heterocycles. The first-order valence-electron chi connectivity index (χ1n) is 10.7. The van der Waals surface area contributed by atoms with Crippen LogP contribution in [0.25, 0.3) is 21.6 Å². The number of hydrogen-bond donors (Lipinski definition) is 1. The molecule has 0 bridgehead atoms. The second kappa shape index (κ2) is 9.93. The summed E-state index contributed by atoms with van der Waals surface area (Å²) >= 11 is 1.50. The van der Waals surface area contributed by atoms with E-state index in [1.807, 2.05) is 22.9 Å². The summed E-state index contributed by atoms with van der Waals surface area (Å²) in [6.45, 7) is 2.84. The van der Waals surface area contributed by atoms with Crippen LogP contribution in [0.1, 0.15) is 35.9 Å². The van der Waals surface area contributed by atoms with E-state index in [0.717, 1.165) is 53.0 Å². The topological polar surface area (TPSA) is 60.2 Å². The summed E-state index contributed by atoms with van der Waals surface area (Å²) in [5, 5.41) is 10.6. The summed E-state index contributed by atoms with van der Waals surface area (Å²) < 4.78 is 46.2. The largest absolute Gasteiger partial charge is 0.490 e. The molecule has 0 saturated heterocycles. The average Bonchev–Trinajstić information content (AvgIpc) is 3.40. The number of rotatable bonds is 9. The van der Waals surface area contributed by atoms with Crippen LogP contribution in [0.2, 0.25) is 0 Å². The van der Waals surface area contributed by atoms with Gasteiger partial charge in [-0.1, -0.05) is 25.5 Å². The lowest BCUT2D eigenvalue weighted by Crippen LogP contribution is -2.03. The van der Waals surface area contributed by atoms with E-state index in [4.69, 9.17) is 14.8 Å². The van der Waals surface area contributed by atoms with Crippen molar-refractivity contribution in [1.29, 1.82) is 0 Å². The number of aliphatic hydroxyl groups is 1. The van der Waals surface area contributed by atoms with Crippen LogP contribution in [0.5, 0.6) is 5.75 Å². The van der Waals surface area contributed by atoms with Gasteiger partial charge in [0.2, 0.25) is 0 Å². The molecule has 1 N–H and O–H groups in total. The second-order valence-corrected chi connectivity index (χ2v) is 8.75. The molecule has 0 atom stereocenters. The molecule has 4 rings (SSSR count). The lowest BCUT2D eigenvalue weighted by Gasteiger charge is -2.07. The molecular formula is C24H24F3N3O2S. The number of fused-ring (bicyclic) bond motifs is 1. The average molecular weight is 476 g/mol. The van der Waals surface area contributed by atoms with Gasteiger partial charge in [0.05, 0.1) is 30.6 Å². The molecule has 4 aromatic rings. The molecule has 0 radical (unpaired) electrons. The third-order valence-corrected chi connectivity index (χ3v) is 6.39. The molecule has 0 aliphatic carbocycles. The Morgan fingerprint density at radius 1 is 1.15 bits per heavy atom. The van der Waals surface area contributed by atoms with Crippen molar-refractivity contribution in [3.8, 4) is 16.3 Å². The Labute approximate surface area is 193 Å². The van der Waals surface area contributed by atoms with Crippen molar-refractivity contribution in [2.75, 3.05) is 13.2 Å². The van der Waals surface area contributed by atoms with Gasteiger partial charge in [0.25, 0.3) is 0 Å². The number of halogens is 3. The van der Waals surface area contributed by atoms with Crippen molar-refractivity contribution in [1.82, 2.24) is 14.5 Å². The van der Waals surface area contributed by atoms with Crippen LogP contribution in [0, 0.1) is 0 Å². The predicted octanol–water partition coefficient (Wildman–Crippen LogP) is 5.94. The van der Waals surface area contributed by atoms with Crippen molar-refractivity contribution in [2.45, 2.75) is 38.9 Å². The molecule has 3 aromatic heterocycles. The van der Waals surface area contributed by atoms with E-state index in [9.17, 15) is 13.2 Å². The Hall–Kier alpha value is -2.91. The number of nitrogens with zero attached hydrogens (tertiary/aromatic N) is 3. The normalized spacial score (nSPS) is 11.9. The van der Waals surface area contributed by atoms with E-state index in [1.165, 1.54) is 23.5 Å². The minimum atomic E-state index is -4.36. The lowest BCUT2D eigenvalue weighted by atomic mass is 10.1. The minimum absolute atomic E-state index is 0.0633. The van der Waals surface area contributed by atoms with Gasteiger partial charge in [-0.3, -0.25) is 0 Å². The molecule has 174 valence electrons. The first-order valence-corrected chi connectivity index (χ1v) is 11.6. The number of aromatic nitrogens is 3. The fourth-order valence-electron chi connectivity index (χ4n) is 3.55. The lowest BCUT2D eigenvalue weighted by molar-refractivity contribution is -0.137. The fourth-order valence-corrected chi connectivity index (χ4v) is 4.67. The number of benzene rings is 1. The third kappa shape index (κ3) is 5.36. The van der Waals surface area contributed by atoms with Crippen LogP contribution in [-0.2, 0) is 19.1 Å². The number of pyridine rings is 1. The van der Waals surface area contributed by atoms with Crippen molar-refractivity contribution in [2.24, 2.45) is 0 Å². The number of unbranched alkanes of at least 4 members (excludes halogenated alkanes) is 1. The van der Waals surface area contributed by atoms with E-state index in [-0.39, 0.29) is 13.2 Å². The number of aliphatic hydroxyl groups excluding tert-OH is 1. The summed E-state index contributed by atoms with van der Waals surface area (Å²) in [5.74, 6) is 0.598. The summed E-state index contributed by atoms with van der Waals surface area (Å²) in [6, 6.07) is 9.00. The fraction of sp³-hybridized carbons (Fsp3) is 0.333. The van der Waals surface area contributed by atoms with Crippen molar-refractivity contribution in [3.05, 3.63) is 64.9 Å². The molecule has 0 aliphatic rings. The van der Waals surface area contributed by atoms with E-state index in [0.29, 0.717) is 22.9 Å². The highest BCUT2D eigenvalue weighted by molar-refractivity contribution is 7.15. The molecule has 5 nitrogen and oxygen atoms in total. The first kappa shape index (κ1) is 23.3. The van der Waals surface area contributed by atoms with Crippen LogP contribution >= 0.6 is 11.3 Å². The molecule has 0 saturated carbocycles. The van der Waals surface area contributed by atoms with Gasteiger partial charge in [0.15, 0.2) is 0 Å². The second-order valence-electron chi connectivity index (χ2n) is 7.67. The van der Waals surface area contributed by atoms with Gasteiger partial charge >= 0.3 is 6.18 Å². The summed E-state index contributed by atoms with van der Waals surface area (Å²) in [6.07, 6.45) is 2.05. The molecule has 3 heterocycles. The molecule has 0 unspecified atom stereocenters. The molecule has 0 amide bonds. The SMILES string of the molecule is CCCCc1nc(-c2ccc(C(F)(F)F)cc2)sc1Cn1ccc2cc(OCCO)cnc21. The van der Waals surface area contributed by atoms with Crippen molar-refractivity contribution in [3.63, 3.8) is 0 Å². The van der Waals surface area contributed by atoms with Gasteiger partial charge in [0.1, 0.15) is 23.0 Å². The predicted molar refractivity (Wildman–Crippen MR) is 123 cm³/mol. The Morgan fingerprint density at radius 2 is 1.94 bits per heavy atom. The van der Waals surface area contributed by atoms with Gasteiger partial charge in [-0.2, -0.15) is 13.2 Å². The maximum Gasteiger partial charge on any atom is 0.416 e.